The first-order valence-electron chi connectivity index (χ1n) is 9.97. The molecule has 2 aromatic heterocycles. The van der Waals surface area contributed by atoms with Crippen LogP contribution >= 0.6 is 0 Å². The highest BCUT2D eigenvalue weighted by molar-refractivity contribution is 5.91. The van der Waals surface area contributed by atoms with Crippen molar-refractivity contribution in [2.45, 2.75) is 53.4 Å². The molecule has 0 bridgehead atoms. The number of hydrogen-bond donors (Lipinski definition) is 1. The molecular weight excluding hydrogens is 366 g/mol. The van der Waals surface area contributed by atoms with E-state index >= 15 is 0 Å². The van der Waals surface area contributed by atoms with Crippen LogP contribution in [0.5, 0.6) is 0 Å². The Morgan fingerprint density at radius 3 is 2.52 bits per heavy atom. The molecule has 0 radical (unpaired) electrons. The van der Waals surface area contributed by atoms with Crippen molar-refractivity contribution in [1.82, 2.24) is 15.2 Å². The normalized spacial score (nSPS) is 12.5. The highest BCUT2D eigenvalue weighted by Gasteiger charge is 2.21. The Morgan fingerprint density at radius 2 is 1.86 bits per heavy atom. The molecule has 1 atom stereocenters. The van der Waals surface area contributed by atoms with Gasteiger partial charge in [0.25, 0.3) is 5.91 Å². The fourth-order valence-electron chi connectivity index (χ4n) is 3.03. The van der Waals surface area contributed by atoms with E-state index in [9.17, 15) is 4.79 Å². The van der Waals surface area contributed by atoms with Crippen molar-refractivity contribution in [2.75, 3.05) is 0 Å². The summed E-state index contributed by atoms with van der Waals surface area (Å²) in [6.45, 7) is 10.4. The van der Waals surface area contributed by atoms with Crippen molar-refractivity contribution in [3.8, 4) is 0 Å². The topological polar surface area (TPSA) is 71.5 Å². The Labute approximate surface area is 171 Å². The van der Waals surface area contributed by atoms with Crippen LogP contribution in [-0.2, 0) is 19.6 Å². The molecule has 0 aliphatic heterocycles. The van der Waals surface area contributed by atoms with Crippen LogP contribution in [0, 0.1) is 12.8 Å². The molecule has 1 aromatic carbocycles. The van der Waals surface area contributed by atoms with Gasteiger partial charge in [0.05, 0.1) is 19.4 Å². The number of furan rings is 1. The fourth-order valence-corrected chi connectivity index (χ4v) is 3.03. The first-order valence-corrected chi connectivity index (χ1v) is 9.97. The number of aromatic nitrogens is 1. The monoisotopic (exact) mass is 395 g/mol. The van der Waals surface area contributed by atoms with E-state index in [0.717, 1.165) is 6.54 Å². The Bertz CT molecular complexity index is 898. The van der Waals surface area contributed by atoms with Crippen LogP contribution < -0.4 is 5.32 Å². The summed E-state index contributed by atoms with van der Waals surface area (Å²) >= 11 is 0. The smallest absolute Gasteiger partial charge is 0.273 e. The molecule has 6 nitrogen and oxygen atoms in total. The molecule has 0 unspecified atom stereocenters. The maximum absolute atomic E-state index is 12.3. The van der Waals surface area contributed by atoms with Crippen molar-refractivity contribution in [3.05, 3.63) is 77.4 Å². The Morgan fingerprint density at radius 1 is 1.10 bits per heavy atom. The van der Waals surface area contributed by atoms with E-state index in [1.165, 1.54) is 17.4 Å². The van der Waals surface area contributed by atoms with Gasteiger partial charge in [-0.15, -0.1) is 0 Å². The largest absolute Gasteiger partial charge is 0.467 e. The molecule has 0 aliphatic rings. The third kappa shape index (κ3) is 5.81. The lowest BCUT2D eigenvalue weighted by atomic mass is 10.0. The van der Waals surface area contributed by atoms with Crippen LogP contribution in [0.25, 0.3) is 0 Å². The molecule has 1 amide bonds. The van der Waals surface area contributed by atoms with Gasteiger partial charge in [0.15, 0.2) is 5.69 Å². The van der Waals surface area contributed by atoms with E-state index in [2.05, 4.69) is 67.2 Å². The summed E-state index contributed by atoms with van der Waals surface area (Å²) in [6, 6.07) is 12.5. The van der Waals surface area contributed by atoms with Gasteiger partial charge in [-0.25, -0.2) is 4.98 Å². The summed E-state index contributed by atoms with van der Waals surface area (Å²) in [5.41, 5.74) is 2.76. The Hall–Kier alpha value is -2.86. The molecule has 29 heavy (non-hydrogen) atoms. The van der Waals surface area contributed by atoms with Crippen molar-refractivity contribution < 1.29 is 13.6 Å². The molecule has 3 rings (SSSR count). The van der Waals surface area contributed by atoms with Gasteiger partial charge in [0.1, 0.15) is 12.0 Å². The molecule has 6 heteroatoms. The Kier molecular flexibility index (Phi) is 6.88. The molecule has 0 saturated heterocycles. The van der Waals surface area contributed by atoms with Gasteiger partial charge in [-0.2, -0.15) is 0 Å². The van der Waals surface area contributed by atoms with Gasteiger partial charge >= 0.3 is 0 Å². The maximum Gasteiger partial charge on any atom is 0.273 e. The summed E-state index contributed by atoms with van der Waals surface area (Å²) < 4.78 is 10.8. The van der Waals surface area contributed by atoms with Gasteiger partial charge in [-0.1, -0.05) is 43.7 Å². The third-order valence-corrected chi connectivity index (χ3v) is 5.17. The SMILES string of the molecule is Cc1ccc(CN(Cc2nc(C(=O)NCc3ccco3)co2)[C@H](C)C(C)C)cc1. The number of benzene rings is 1. The minimum Gasteiger partial charge on any atom is -0.467 e. The highest BCUT2D eigenvalue weighted by atomic mass is 16.3. The number of nitrogens with zero attached hydrogens (tertiary/aromatic N) is 2. The van der Waals surface area contributed by atoms with Crippen LogP contribution in [-0.4, -0.2) is 21.8 Å². The van der Waals surface area contributed by atoms with Crippen LogP contribution in [0.3, 0.4) is 0 Å². The predicted octanol–water partition coefficient (Wildman–Crippen LogP) is 4.55. The summed E-state index contributed by atoms with van der Waals surface area (Å²) in [4.78, 5) is 19.0. The number of rotatable bonds is 9. The van der Waals surface area contributed by atoms with Crippen molar-refractivity contribution in [1.29, 1.82) is 0 Å². The van der Waals surface area contributed by atoms with E-state index in [0.29, 0.717) is 36.7 Å². The van der Waals surface area contributed by atoms with Gasteiger partial charge < -0.3 is 14.2 Å². The number of hydrogen-bond acceptors (Lipinski definition) is 5. The van der Waals surface area contributed by atoms with Crippen LogP contribution in [0.4, 0.5) is 0 Å². The summed E-state index contributed by atoms with van der Waals surface area (Å²) in [5.74, 6) is 1.43. The predicted molar refractivity (Wildman–Crippen MR) is 111 cm³/mol. The van der Waals surface area contributed by atoms with E-state index in [1.807, 2.05) is 6.07 Å². The summed E-state index contributed by atoms with van der Waals surface area (Å²) in [7, 11) is 0. The molecular formula is C23H29N3O3. The zero-order chi connectivity index (χ0) is 20.8. The molecule has 0 fully saturated rings. The van der Waals surface area contributed by atoms with Crippen LogP contribution in [0.2, 0.25) is 0 Å². The van der Waals surface area contributed by atoms with Crippen LogP contribution in [0.15, 0.2) is 57.8 Å². The molecule has 2 heterocycles. The zero-order valence-electron chi connectivity index (χ0n) is 17.5. The third-order valence-electron chi connectivity index (χ3n) is 5.17. The van der Waals surface area contributed by atoms with Crippen molar-refractivity contribution >= 4 is 5.91 Å². The minimum atomic E-state index is -0.279. The number of aryl methyl sites for hydroxylation is 1. The van der Waals surface area contributed by atoms with Gasteiger partial charge in [0, 0.05) is 12.6 Å². The van der Waals surface area contributed by atoms with Gasteiger partial charge in [0.2, 0.25) is 5.89 Å². The first-order chi connectivity index (χ1) is 13.9. The lowest BCUT2D eigenvalue weighted by Gasteiger charge is -2.30. The second kappa shape index (κ2) is 9.56. The lowest BCUT2D eigenvalue weighted by molar-refractivity contribution is 0.0942. The minimum absolute atomic E-state index is 0.277. The standard InChI is InChI=1S/C23H29N3O3/c1-16(2)18(4)26(13-19-9-7-17(3)8-10-19)14-22-25-21(15-29-22)23(27)24-12-20-6-5-11-28-20/h5-11,15-16,18H,12-14H2,1-4H3,(H,24,27)/t18-/m1/s1. The molecule has 154 valence electrons. The maximum atomic E-state index is 12.3. The first kappa shape index (κ1) is 20.9. The van der Waals surface area contributed by atoms with Gasteiger partial charge in [-0.3, -0.25) is 9.69 Å². The van der Waals surface area contributed by atoms with Crippen LogP contribution in [0.1, 0.15) is 54.0 Å². The number of carbonyl (C=O) groups is 1. The van der Waals surface area contributed by atoms with E-state index in [-0.39, 0.29) is 11.6 Å². The second-order valence-electron chi connectivity index (χ2n) is 7.76. The number of amides is 1. The van der Waals surface area contributed by atoms with E-state index < -0.39 is 0 Å². The molecule has 1 N–H and O–H groups in total. The number of nitrogens with one attached hydrogen (secondary N) is 1. The Balaban J connectivity index is 1.65. The molecule has 0 aliphatic carbocycles. The quantitative estimate of drug-likeness (QED) is 0.575. The highest BCUT2D eigenvalue weighted by Crippen LogP contribution is 2.18. The fraction of sp³-hybridized carbons (Fsp3) is 0.391. The lowest BCUT2D eigenvalue weighted by Crippen LogP contribution is -2.36. The van der Waals surface area contributed by atoms with Crippen molar-refractivity contribution in [3.63, 3.8) is 0 Å². The molecule has 3 aromatic rings. The van der Waals surface area contributed by atoms with Crippen molar-refractivity contribution in [2.24, 2.45) is 5.92 Å². The summed E-state index contributed by atoms with van der Waals surface area (Å²) in [5, 5.41) is 2.79. The number of carbonyl (C=O) groups excluding carboxylic acids is 1. The van der Waals surface area contributed by atoms with E-state index in [4.69, 9.17) is 8.83 Å². The number of oxazole rings is 1. The zero-order valence-corrected chi connectivity index (χ0v) is 17.5. The average molecular weight is 396 g/mol. The van der Waals surface area contributed by atoms with E-state index in [1.54, 1.807) is 12.3 Å². The molecule has 0 saturated carbocycles. The second-order valence-corrected chi connectivity index (χ2v) is 7.76. The average Bonchev–Trinajstić information content (AvgIpc) is 3.38. The summed E-state index contributed by atoms with van der Waals surface area (Å²) in [6.07, 6.45) is 2.99. The van der Waals surface area contributed by atoms with Gasteiger partial charge in [-0.05, 0) is 37.5 Å². The molecule has 0 spiro atoms.